The summed E-state index contributed by atoms with van der Waals surface area (Å²) in [6.07, 6.45) is 7.43. The van der Waals surface area contributed by atoms with Crippen molar-refractivity contribution in [3.63, 3.8) is 0 Å². The van der Waals surface area contributed by atoms with Gasteiger partial charge in [-0.25, -0.2) is 0 Å². The number of unbranched alkanes of at least 4 members (excludes halogenated alkanes) is 5. The highest BCUT2D eigenvalue weighted by Crippen LogP contribution is 2.05. The molecule has 0 heterocycles. The predicted molar refractivity (Wildman–Crippen MR) is 57.0 cm³/mol. The Kier molecular flexibility index (Phi) is 11.7. The molecule has 2 N–H and O–H groups in total. The summed E-state index contributed by atoms with van der Waals surface area (Å²) < 4.78 is 0. The monoisotopic (exact) mass is 191 g/mol. The van der Waals surface area contributed by atoms with E-state index < -0.39 is 0 Å². The molecule has 0 saturated heterocycles. The Morgan fingerprint density at radius 1 is 1.00 bits per heavy atom. The lowest BCUT2D eigenvalue weighted by Gasteiger charge is -2.01. The lowest BCUT2D eigenvalue weighted by Crippen LogP contribution is -2.02. The molecular weight excluding hydrogens is 169 g/mol. The molecule has 0 fully saturated rings. The van der Waals surface area contributed by atoms with E-state index in [0.717, 1.165) is 15.2 Å². The molecular formula is C9H22NOP. The molecule has 0 radical (unpaired) electrons. The van der Waals surface area contributed by atoms with Crippen LogP contribution in [0.3, 0.4) is 0 Å². The molecule has 0 aromatic heterocycles. The smallest absolute Gasteiger partial charge is 0.0431 e. The van der Waals surface area contributed by atoms with Crippen molar-refractivity contribution < 1.29 is 5.11 Å². The van der Waals surface area contributed by atoms with Crippen LogP contribution in [0.15, 0.2) is 0 Å². The van der Waals surface area contributed by atoms with Crippen molar-refractivity contribution in [2.24, 2.45) is 0 Å². The first-order valence-corrected chi connectivity index (χ1v) is 6.42. The van der Waals surface area contributed by atoms with E-state index in [1.165, 1.54) is 38.6 Å². The molecule has 0 bridgehead atoms. The summed E-state index contributed by atoms with van der Waals surface area (Å²) in [4.78, 5) is 0. The maximum absolute atomic E-state index is 8.53. The Labute approximate surface area is 78.0 Å². The molecule has 0 amide bonds. The summed E-state index contributed by atoms with van der Waals surface area (Å²) in [5, 5.41) is 11.9. The van der Waals surface area contributed by atoms with Crippen LogP contribution < -0.4 is 5.09 Å². The zero-order valence-corrected chi connectivity index (χ0v) is 9.10. The molecule has 1 unspecified atom stereocenters. The molecule has 0 rings (SSSR count). The first kappa shape index (κ1) is 12.3. The van der Waals surface area contributed by atoms with Crippen LogP contribution in [0, 0.1) is 0 Å². The van der Waals surface area contributed by atoms with E-state index in [9.17, 15) is 0 Å². The fraction of sp³-hybridized carbons (Fsp3) is 1.00. The van der Waals surface area contributed by atoms with Crippen LogP contribution in [-0.4, -0.2) is 24.9 Å². The van der Waals surface area contributed by atoms with Gasteiger partial charge in [-0.05, 0) is 26.1 Å². The van der Waals surface area contributed by atoms with Crippen molar-refractivity contribution >= 4 is 8.73 Å². The van der Waals surface area contributed by atoms with E-state index in [2.05, 4.69) is 11.8 Å². The van der Waals surface area contributed by atoms with Gasteiger partial charge >= 0.3 is 0 Å². The maximum atomic E-state index is 8.53. The lowest BCUT2D eigenvalue weighted by molar-refractivity contribution is 0.282. The summed E-state index contributed by atoms with van der Waals surface area (Å²) in [6, 6.07) is 0. The van der Waals surface area contributed by atoms with E-state index in [1.807, 2.05) is 0 Å². The van der Waals surface area contributed by atoms with Crippen LogP contribution in [0.2, 0.25) is 0 Å². The van der Waals surface area contributed by atoms with Crippen molar-refractivity contribution in [3.8, 4) is 0 Å². The van der Waals surface area contributed by atoms with Gasteiger partial charge in [-0.2, -0.15) is 0 Å². The van der Waals surface area contributed by atoms with Crippen molar-refractivity contribution in [2.75, 3.05) is 19.8 Å². The molecule has 0 aliphatic heterocycles. The fourth-order valence-corrected chi connectivity index (χ4v) is 1.58. The Morgan fingerprint density at radius 3 is 2.17 bits per heavy atom. The highest BCUT2D eigenvalue weighted by molar-refractivity contribution is 7.34. The van der Waals surface area contributed by atoms with Gasteiger partial charge in [0.15, 0.2) is 0 Å². The van der Waals surface area contributed by atoms with E-state index in [4.69, 9.17) is 5.11 Å². The highest BCUT2D eigenvalue weighted by Gasteiger charge is 1.89. The summed E-state index contributed by atoms with van der Waals surface area (Å²) >= 11 is 0. The van der Waals surface area contributed by atoms with Crippen LogP contribution in [0.1, 0.15) is 38.5 Å². The molecule has 12 heavy (non-hydrogen) atoms. The number of hydrogen-bond donors (Lipinski definition) is 2. The van der Waals surface area contributed by atoms with E-state index >= 15 is 0 Å². The third-order valence-electron chi connectivity index (χ3n) is 1.89. The van der Waals surface area contributed by atoms with Crippen LogP contribution in [0.25, 0.3) is 0 Å². The number of aliphatic hydroxyl groups excluding tert-OH is 1. The third-order valence-corrected chi connectivity index (χ3v) is 2.49. The van der Waals surface area contributed by atoms with Crippen molar-refractivity contribution in [1.82, 2.24) is 5.09 Å². The van der Waals surface area contributed by atoms with Crippen molar-refractivity contribution in [2.45, 2.75) is 38.5 Å². The minimum atomic E-state index is 0.360. The first-order valence-electron chi connectivity index (χ1n) is 4.92. The van der Waals surface area contributed by atoms with Crippen LogP contribution >= 0.6 is 8.73 Å². The molecule has 3 heteroatoms. The molecule has 0 spiro atoms. The van der Waals surface area contributed by atoms with Crippen LogP contribution in [0.5, 0.6) is 0 Å². The van der Waals surface area contributed by atoms with Crippen LogP contribution in [-0.2, 0) is 0 Å². The second-order valence-corrected chi connectivity index (χ2v) is 3.88. The maximum Gasteiger partial charge on any atom is 0.0431 e. The average Bonchev–Trinajstić information content (AvgIpc) is 2.10. The van der Waals surface area contributed by atoms with E-state index in [-0.39, 0.29) is 0 Å². The molecule has 0 aliphatic carbocycles. The second-order valence-electron chi connectivity index (χ2n) is 3.02. The largest absolute Gasteiger partial charge is 0.396 e. The van der Waals surface area contributed by atoms with E-state index in [1.54, 1.807) is 0 Å². The Bertz CT molecular complexity index is 70.9. The average molecular weight is 191 g/mol. The molecule has 74 valence electrons. The van der Waals surface area contributed by atoms with Gasteiger partial charge in [0.05, 0.1) is 0 Å². The first-order chi connectivity index (χ1) is 5.91. The number of aliphatic hydroxyl groups is 1. The van der Waals surface area contributed by atoms with Gasteiger partial charge in [0.1, 0.15) is 0 Å². The third kappa shape index (κ3) is 10.3. The zero-order valence-electron chi connectivity index (χ0n) is 8.10. The predicted octanol–water partition coefficient (Wildman–Crippen LogP) is 2.13. The highest BCUT2D eigenvalue weighted by atomic mass is 31.1. The fourth-order valence-electron chi connectivity index (χ4n) is 1.16. The minimum absolute atomic E-state index is 0.360. The van der Waals surface area contributed by atoms with Gasteiger partial charge in [-0.3, -0.25) is 5.09 Å². The van der Waals surface area contributed by atoms with Gasteiger partial charge in [0, 0.05) is 6.61 Å². The van der Waals surface area contributed by atoms with Gasteiger partial charge in [0.2, 0.25) is 0 Å². The quantitative estimate of drug-likeness (QED) is 0.432. The van der Waals surface area contributed by atoms with Crippen LogP contribution in [0.4, 0.5) is 0 Å². The van der Waals surface area contributed by atoms with Gasteiger partial charge in [0.25, 0.3) is 0 Å². The molecule has 2 nitrogen and oxygen atoms in total. The molecule has 1 atom stereocenters. The summed E-state index contributed by atoms with van der Waals surface area (Å²) in [6.45, 7) is 3.70. The van der Waals surface area contributed by atoms with Crippen molar-refractivity contribution in [1.29, 1.82) is 0 Å². The standard InChI is InChI=1S/C9H22NOP/c1-12-10-8-6-4-2-3-5-7-9-11/h10-12H,2-9H2,1H3. The SMILES string of the molecule is CPNCCCCCCCCO. The molecule has 0 aromatic carbocycles. The molecule has 0 aromatic rings. The van der Waals surface area contributed by atoms with Gasteiger partial charge in [-0.15, -0.1) is 0 Å². The summed E-state index contributed by atoms with van der Waals surface area (Å²) in [7, 11) is 0.887. The number of rotatable bonds is 9. The lowest BCUT2D eigenvalue weighted by atomic mass is 10.1. The number of hydrogen-bond acceptors (Lipinski definition) is 2. The normalized spacial score (nSPS) is 11.5. The summed E-state index contributed by atoms with van der Waals surface area (Å²) in [5.41, 5.74) is 0. The minimum Gasteiger partial charge on any atom is -0.396 e. The number of nitrogens with one attached hydrogen (secondary N) is 1. The Balaban J connectivity index is 2.73. The topological polar surface area (TPSA) is 32.3 Å². The second kappa shape index (κ2) is 11.4. The van der Waals surface area contributed by atoms with Gasteiger partial charge < -0.3 is 5.11 Å². The molecule has 0 aliphatic rings. The van der Waals surface area contributed by atoms with E-state index in [0.29, 0.717) is 6.61 Å². The van der Waals surface area contributed by atoms with Crippen molar-refractivity contribution in [3.05, 3.63) is 0 Å². The summed E-state index contributed by atoms with van der Waals surface area (Å²) in [5.74, 6) is 0. The molecule has 0 saturated carbocycles. The van der Waals surface area contributed by atoms with Gasteiger partial charge in [-0.1, -0.05) is 34.4 Å². The zero-order chi connectivity index (χ0) is 9.07. The Hall–Kier alpha value is 0.350. The Morgan fingerprint density at radius 2 is 1.58 bits per heavy atom.